The second kappa shape index (κ2) is 7.95. The topological polar surface area (TPSA) is 76.0 Å². The van der Waals surface area contributed by atoms with Crippen LogP contribution in [0.25, 0.3) is 15.3 Å². The number of carbonyl (C=O) groups excluding carboxylic acids is 2. The molecule has 0 aliphatic rings. The molecule has 4 rings (SSSR count). The van der Waals surface area contributed by atoms with Crippen LogP contribution < -0.4 is 10.6 Å². The Morgan fingerprint density at radius 3 is 2.75 bits per heavy atom. The molecular weight excluding hydrogens is 392 g/mol. The Balaban J connectivity index is 1.42. The van der Waals surface area contributed by atoms with E-state index in [4.69, 9.17) is 0 Å². The summed E-state index contributed by atoms with van der Waals surface area (Å²) in [7, 11) is 0. The molecule has 8 heteroatoms. The molecule has 6 nitrogen and oxygen atoms in total. The Morgan fingerprint density at radius 1 is 1.18 bits per heavy atom. The first-order chi connectivity index (χ1) is 13.6. The van der Waals surface area contributed by atoms with Crippen LogP contribution in [-0.4, -0.2) is 27.4 Å². The van der Waals surface area contributed by atoms with Crippen molar-refractivity contribution >= 4 is 44.7 Å². The average Bonchev–Trinajstić information content (AvgIpc) is 3.46. The molecule has 4 aromatic rings. The van der Waals surface area contributed by atoms with Crippen LogP contribution in [0, 0.1) is 0 Å². The van der Waals surface area contributed by atoms with Gasteiger partial charge in [-0.3, -0.25) is 9.59 Å². The summed E-state index contributed by atoms with van der Waals surface area (Å²) in [4.78, 5) is 30.4. The van der Waals surface area contributed by atoms with Crippen molar-refractivity contribution in [3.05, 3.63) is 70.7 Å². The van der Waals surface area contributed by atoms with Crippen LogP contribution in [-0.2, 0) is 11.3 Å². The first-order valence-electron chi connectivity index (χ1n) is 8.75. The Kier molecular flexibility index (Phi) is 5.23. The highest BCUT2D eigenvalue weighted by Gasteiger charge is 2.17. The van der Waals surface area contributed by atoms with Gasteiger partial charge < -0.3 is 15.2 Å². The molecule has 28 heavy (non-hydrogen) atoms. The summed E-state index contributed by atoms with van der Waals surface area (Å²) in [5.74, 6) is -0.493. The van der Waals surface area contributed by atoms with Crippen molar-refractivity contribution in [2.75, 3.05) is 0 Å². The van der Waals surface area contributed by atoms with Crippen molar-refractivity contribution < 1.29 is 9.59 Å². The van der Waals surface area contributed by atoms with Crippen LogP contribution >= 0.6 is 22.7 Å². The number of thiophene rings is 1. The minimum atomic E-state index is -0.625. The maximum Gasteiger partial charge on any atom is 0.251 e. The standard InChI is InChI=1S/C20H18N4O2S2/c1-13(18(25)21-12-15-5-4-10-27-15)22-19(26)14-6-7-16-17(11-14)28-20(23-16)24-8-2-3-9-24/h2-11,13H,12H2,1H3,(H,21,25)(H,22,26)/t13-/m0/s1. The minimum Gasteiger partial charge on any atom is -0.349 e. The number of hydrogen-bond donors (Lipinski definition) is 2. The van der Waals surface area contributed by atoms with E-state index >= 15 is 0 Å². The van der Waals surface area contributed by atoms with Crippen molar-refractivity contribution in [2.45, 2.75) is 19.5 Å². The molecule has 0 saturated heterocycles. The SMILES string of the molecule is C[C@H](NC(=O)c1ccc2nc(-n3cccc3)sc2c1)C(=O)NCc1cccs1. The van der Waals surface area contributed by atoms with Crippen molar-refractivity contribution in [3.8, 4) is 5.13 Å². The number of nitrogens with one attached hydrogen (secondary N) is 2. The van der Waals surface area contributed by atoms with Crippen molar-refractivity contribution in [1.82, 2.24) is 20.2 Å². The average molecular weight is 411 g/mol. The van der Waals surface area contributed by atoms with E-state index in [9.17, 15) is 9.59 Å². The second-order valence-corrected chi connectivity index (χ2v) is 8.30. The highest BCUT2D eigenvalue weighted by molar-refractivity contribution is 7.20. The molecule has 0 spiro atoms. The molecule has 0 aliphatic heterocycles. The number of thiazole rings is 1. The number of nitrogens with zero attached hydrogens (tertiary/aromatic N) is 2. The molecule has 2 N–H and O–H groups in total. The van der Waals surface area contributed by atoms with Crippen molar-refractivity contribution in [1.29, 1.82) is 0 Å². The van der Waals surface area contributed by atoms with E-state index in [-0.39, 0.29) is 11.8 Å². The summed E-state index contributed by atoms with van der Waals surface area (Å²) in [5.41, 5.74) is 1.35. The molecule has 1 aromatic carbocycles. The van der Waals surface area contributed by atoms with E-state index in [1.54, 1.807) is 24.3 Å². The Bertz CT molecular complexity index is 1100. The number of aromatic nitrogens is 2. The molecule has 2 amide bonds. The fourth-order valence-corrected chi connectivity index (χ4v) is 4.33. The Hall–Kier alpha value is -2.97. The van der Waals surface area contributed by atoms with Gasteiger partial charge in [-0.1, -0.05) is 17.4 Å². The van der Waals surface area contributed by atoms with Gasteiger partial charge >= 0.3 is 0 Å². The summed E-state index contributed by atoms with van der Waals surface area (Å²) in [5, 5.41) is 8.40. The maximum absolute atomic E-state index is 12.6. The number of benzene rings is 1. The third-order valence-electron chi connectivity index (χ3n) is 4.22. The lowest BCUT2D eigenvalue weighted by molar-refractivity contribution is -0.122. The molecule has 3 heterocycles. The van der Waals surface area contributed by atoms with Crippen LogP contribution in [0.4, 0.5) is 0 Å². The molecule has 3 aromatic heterocycles. The Labute approximate surface area is 169 Å². The fourth-order valence-electron chi connectivity index (χ4n) is 2.71. The largest absolute Gasteiger partial charge is 0.349 e. The fraction of sp³-hybridized carbons (Fsp3) is 0.150. The lowest BCUT2D eigenvalue weighted by atomic mass is 10.2. The summed E-state index contributed by atoms with van der Waals surface area (Å²) < 4.78 is 2.86. The maximum atomic E-state index is 12.6. The van der Waals surface area contributed by atoms with Gasteiger partial charge in [0.15, 0.2) is 5.13 Å². The van der Waals surface area contributed by atoms with Crippen LogP contribution in [0.1, 0.15) is 22.2 Å². The zero-order chi connectivity index (χ0) is 19.5. The molecule has 142 valence electrons. The van der Waals surface area contributed by atoms with Gasteiger partial charge in [-0.15, -0.1) is 11.3 Å². The van der Waals surface area contributed by atoms with Crippen molar-refractivity contribution in [2.24, 2.45) is 0 Å². The minimum absolute atomic E-state index is 0.212. The quantitative estimate of drug-likeness (QED) is 0.510. The van der Waals surface area contributed by atoms with Gasteiger partial charge in [0.2, 0.25) is 5.91 Å². The summed E-state index contributed by atoms with van der Waals surface area (Å²) in [6.07, 6.45) is 3.86. The first-order valence-corrected chi connectivity index (χ1v) is 10.4. The number of carbonyl (C=O) groups is 2. The van der Waals surface area contributed by atoms with Gasteiger partial charge in [0.05, 0.1) is 16.8 Å². The normalized spacial score (nSPS) is 12.0. The number of hydrogen-bond acceptors (Lipinski definition) is 5. The predicted molar refractivity (Wildman–Crippen MR) is 112 cm³/mol. The van der Waals surface area contributed by atoms with E-state index in [0.29, 0.717) is 12.1 Å². The van der Waals surface area contributed by atoms with E-state index in [2.05, 4.69) is 15.6 Å². The highest BCUT2D eigenvalue weighted by atomic mass is 32.1. The van der Waals surface area contributed by atoms with Gasteiger partial charge in [-0.25, -0.2) is 4.98 Å². The number of fused-ring (bicyclic) bond motifs is 1. The zero-order valence-electron chi connectivity index (χ0n) is 15.1. The third-order valence-corrected chi connectivity index (χ3v) is 6.13. The van der Waals surface area contributed by atoms with Gasteiger partial charge in [-0.05, 0) is 48.7 Å². The summed E-state index contributed by atoms with van der Waals surface area (Å²) in [6, 6.07) is 12.5. The third kappa shape index (κ3) is 3.97. The second-order valence-electron chi connectivity index (χ2n) is 6.26. The number of rotatable bonds is 6. The lowest BCUT2D eigenvalue weighted by Crippen LogP contribution is -2.44. The number of amides is 2. The van der Waals surface area contributed by atoms with E-state index in [1.165, 1.54) is 11.3 Å². The monoisotopic (exact) mass is 410 g/mol. The van der Waals surface area contributed by atoms with Gasteiger partial charge in [0, 0.05) is 22.8 Å². The van der Waals surface area contributed by atoms with E-state index in [0.717, 1.165) is 20.2 Å². The zero-order valence-corrected chi connectivity index (χ0v) is 16.7. The van der Waals surface area contributed by atoms with Gasteiger partial charge in [-0.2, -0.15) is 0 Å². The molecule has 1 atom stereocenters. The van der Waals surface area contributed by atoms with Crippen molar-refractivity contribution in [3.63, 3.8) is 0 Å². The van der Waals surface area contributed by atoms with E-state index < -0.39 is 6.04 Å². The molecular formula is C20H18N4O2S2. The smallest absolute Gasteiger partial charge is 0.251 e. The molecule has 0 unspecified atom stereocenters. The van der Waals surface area contributed by atoms with Crippen LogP contribution in [0.15, 0.2) is 60.2 Å². The lowest BCUT2D eigenvalue weighted by Gasteiger charge is -2.13. The van der Waals surface area contributed by atoms with Crippen LogP contribution in [0.2, 0.25) is 0 Å². The molecule has 0 bridgehead atoms. The van der Waals surface area contributed by atoms with Crippen LogP contribution in [0.3, 0.4) is 0 Å². The molecule has 0 radical (unpaired) electrons. The first kappa shape index (κ1) is 18.4. The van der Waals surface area contributed by atoms with Gasteiger partial charge in [0.25, 0.3) is 5.91 Å². The molecule has 0 saturated carbocycles. The Morgan fingerprint density at radius 2 is 2.00 bits per heavy atom. The van der Waals surface area contributed by atoms with E-state index in [1.807, 2.05) is 58.7 Å². The highest BCUT2D eigenvalue weighted by Crippen LogP contribution is 2.26. The molecule has 0 aliphatic carbocycles. The van der Waals surface area contributed by atoms with Gasteiger partial charge in [0.1, 0.15) is 6.04 Å². The predicted octanol–water partition coefficient (Wildman–Crippen LogP) is 3.58. The molecule has 0 fully saturated rings. The summed E-state index contributed by atoms with van der Waals surface area (Å²) in [6.45, 7) is 2.14. The summed E-state index contributed by atoms with van der Waals surface area (Å²) >= 11 is 3.09. The van der Waals surface area contributed by atoms with Crippen LogP contribution in [0.5, 0.6) is 0 Å².